The van der Waals surface area contributed by atoms with E-state index in [1.54, 1.807) is 0 Å². The summed E-state index contributed by atoms with van der Waals surface area (Å²) in [7, 11) is 0. The maximum Gasteiger partial charge on any atom is 0.0646 e. The van der Waals surface area contributed by atoms with E-state index in [1.165, 1.54) is 0 Å². The van der Waals surface area contributed by atoms with Crippen LogP contribution < -0.4 is 0 Å². The predicted octanol–water partition coefficient (Wildman–Crippen LogP) is 1.39. The van der Waals surface area contributed by atoms with Crippen molar-refractivity contribution in [2.75, 3.05) is 6.61 Å². The number of hydrogen-bond acceptors (Lipinski definition) is 1. The topological polar surface area (TPSA) is 20.2 Å². The van der Waals surface area contributed by atoms with Crippen LogP contribution in [0.1, 0.15) is 20.3 Å². The van der Waals surface area contributed by atoms with Gasteiger partial charge in [-0.2, -0.15) is 0 Å². The summed E-state index contributed by atoms with van der Waals surface area (Å²) in [6.45, 7) is 3.82. The fourth-order valence-corrected chi connectivity index (χ4v) is 0.112. The fraction of sp³-hybridized carbons (Fsp3) is 1.00. The first kappa shape index (κ1) is 7.25. The molecule has 0 amide bonds. The summed E-state index contributed by atoms with van der Waals surface area (Å²) in [5.41, 5.74) is 0. The molecular weight excluding hydrogens is 112 g/mol. The first-order valence-electron chi connectivity index (χ1n) is 2.42. The van der Waals surface area contributed by atoms with Gasteiger partial charge in [-0.1, -0.05) is 6.92 Å². The molecule has 1 unspecified atom stereocenters. The van der Waals surface area contributed by atoms with Crippen molar-refractivity contribution in [3.63, 3.8) is 0 Å². The minimum Gasteiger partial charge on any atom is -0.395 e. The second-order valence-electron chi connectivity index (χ2n) is 1.93. The van der Waals surface area contributed by atoms with Gasteiger partial charge in [0, 0.05) is 0 Å². The summed E-state index contributed by atoms with van der Waals surface area (Å²) in [6.07, 6.45) is 0.811. The van der Waals surface area contributed by atoms with Crippen molar-refractivity contribution in [1.29, 1.82) is 0 Å². The van der Waals surface area contributed by atoms with Crippen molar-refractivity contribution in [2.24, 2.45) is 0 Å². The number of rotatable bonds is 2. The molecule has 0 aliphatic carbocycles. The SMILES string of the molecule is CCC(C)(Cl)CO. The monoisotopic (exact) mass is 122 g/mol. The summed E-state index contributed by atoms with van der Waals surface area (Å²) in [6, 6.07) is 0. The second kappa shape index (κ2) is 2.53. The number of aliphatic hydroxyl groups excluding tert-OH is 1. The average molecular weight is 123 g/mol. The Balaban J connectivity index is 3.36. The lowest BCUT2D eigenvalue weighted by Crippen LogP contribution is -2.19. The molecular formula is C5H11ClO. The van der Waals surface area contributed by atoms with E-state index in [1.807, 2.05) is 13.8 Å². The maximum absolute atomic E-state index is 8.46. The third-order valence-electron chi connectivity index (χ3n) is 1.07. The molecule has 2 heteroatoms. The van der Waals surface area contributed by atoms with Gasteiger partial charge in [-0.25, -0.2) is 0 Å². The van der Waals surface area contributed by atoms with Gasteiger partial charge in [-0.3, -0.25) is 0 Å². The summed E-state index contributed by atoms with van der Waals surface area (Å²) in [5.74, 6) is 0. The molecule has 0 heterocycles. The lowest BCUT2D eigenvalue weighted by Gasteiger charge is -2.14. The van der Waals surface area contributed by atoms with Gasteiger partial charge in [0.15, 0.2) is 0 Å². The summed E-state index contributed by atoms with van der Waals surface area (Å²) < 4.78 is 0. The highest BCUT2D eigenvalue weighted by Crippen LogP contribution is 2.16. The highest BCUT2D eigenvalue weighted by Gasteiger charge is 2.14. The van der Waals surface area contributed by atoms with Crippen LogP contribution in [0, 0.1) is 0 Å². The van der Waals surface area contributed by atoms with E-state index < -0.39 is 0 Å². The Bertz CT molecular complexity index is 46.0. The number of aliphatic hydroxyl groups is 1. The molecule has 0 spiro atoms. The molecule has 1 nitrogen and oxygen atoms in total. The Morgan fingerprint density at radius 1 is 1.71 bits per heavy atom. The summed E-state index contributed by atoms with van der Waals surface area (Å²) in [5, 5.41) is 8.46. The van der Waals surface area contributed by atoms with Gasteiger partial charge in [-0.05, 0) is 13.3 Å². The van der Waals surface area contributed by atoms with E-state index in [-0.39, 0.29) is 11.5 Å². The Morgan fingerprint density at radius 3 is 2.14 bits per heavy atom. The molecule has 1 atom stereocenters. The Kier molecular flexibility index (Phi) is 2.62. The van der Waals surface area contributed by atoms with Crippen LogP contribution in [-0.2, 0) is 0 Å². The third-order valence-corrected chi connectivity index (χ3v) is 1.45. The molecule has 0 bridgehead atoms. The molecule has 0 aliphatic rings. The van der Waals surface area contributed by atoms with E-state index in [0.717, 1.165) is 6.42 Å². The summed E-state index contributed by atoms with van der Waals surface area (Å²) in [4.78, 5) is -0.389. The molecule has 0 radical (unpaired) electrons. The van der Waals surface area contributed by atoms with Crippen molar-refractivity contribution in [3.8, 4) is 0 Å². The minimum atomic E-state index is -0.389. The van der Waals surface area contributed by atoms with Gasteiger partial charge in [0.05, 0.1) is 11.5 Å². The zero-order chi connectivity index (χ0) is 5.91. The normalized spacial score (nSPS) is 18.9. The number of hydrogen-bond donors (Lipinski definition) is 1. The zero-order valence-corrected chi connectivity index (χ0v) is 5.50. The quantitative estimate of drug-likeness (QED) is 0.549. The molecule has 0 aromatic heterocycles. The molecule has 0 fully saturated rings. The molecule has 0 saturated carbocycles. The zero-order valence-electron chi connectivity index (χ0n) is 4.74. The van der Waals surface area contributed by atoms with Crippen LogP contribution in [0.4, 0.5) is 0 Å². The van der Waals surface area contributed by atoms with Gasteiger partial charge in [0.1, 0.15) is 0 Å². The molecule has 0 aliphatic heterocycles. The predicted molar refractivity (Wildman–Crippen MR) is 31.6 cm³/mol. The molecule has 0 aromatic rings. The molecule has 0 aromatic carbocycles. The number of alkyl halides is 1. The van der Waals surface area contributed by atoms with E-state index in [0.29, 0.717) is 0 Å². The van der Waals surface area contributed by atoms with Crippen molar-refractivity contribution < 1.29 is 5.11 Å². The van der Waals surface area contributed by atoms with E-state index in [2.05, 4.69) is 0 Å². The second-order valence-corrected chi connectivity index (χ2v) is 2.84. The number of halogens is 1. The Morgan fingerprint density at radius 2 is 2.14 bits per heavy atom. The highest BCUT2D eigenvalue weighted by atomic mass is 35.5. The van der Waals surface area contributed by atoms with Gasteiger partial charge < -0.3 is 5.11 Å². The average Bonchev–Trinajstić information content (AvgIpc) is 1.68. The van der Waals surface area contributed by atoms with Crippen LogP contribution >= 0.6 is 11.6 Å². The van der Waals surface area contributed by atoms with Crippen molar-refractivity contribution >= 4 is 11.6 Å². The van der Waals surface area contributed by atoms with Crippen LogP contribution in [0.2, 0.25) is 0 Å². The molecule has 7 heavy (non-hydrogen) atoms. The first-order chi connectivity index (χ1) is 3.12. The molecule has 0 saturated heterocycles. The fourth-order valence-electron chi connectivity index (χ4n) is 0.112. The molecule has 1 N–H and O–H groups in total. The van der Waals surface area contributed by atoms with Gasteiger partial charge >= 0.3 is 0 Å². The van der Waals surface area contributed by atoms with Crippen LogP contribution in [0.25, 0.3) is 0 Å². The Labute approximate surface area is 49.3 Å². The smallest absolute Gasteiger partial charge is 0.0646 e. The largest absolute Gasteiger partial charge is 0.395 e. The minimum absolute atomic E-state index is 0.0606. The van der Waals surface area contributed by atoms with Crippen LogP contribution in [0.5, 0.6) is 0 Å². The Hall–Kier alpha value is 0.250. The highest BCUT2D eigenvalue weighted by molar-refractivity contribution is 6.23. The van der Waals surface area contributed by atoms with Gasteiger partial charge in [0.25, 0.3) is 0 Å². The van der Waals surface area contributed by atoms with Crippen molar-refractivity contribution in [3.05, 3.63) is 0 Å². The summed E-state index contributed by atoms with van der Waals surface area (Å²) >= 11 is 5.66. The lowest BCUT2D eigenvalue weighted by molar-refractivity contribution is 0.249. The van der Waals surface area contributed by atoms with Gasteiger partial charge in [-0.15, -0.1) is 11.6 Å². The van der Waals surface area contributed by atoms with Crippen LogP contribution in [0.15, 0.2) is 0 Å². The van der Waals surface area contributed by atoms with E-state index in [4.69, 9.17) is 16.7 Å². The molecule has 44 valence electrons. The van der Waals surface area contributed by atoms with Crippen molar-refractivity contribution in [2.45, 2.75) is 25.1 Å². The van der Waals surface area contributed by atoms with Gasteiger partial charge in [0.2, 0.25) is 0 Å². The maximum atomic E-state index is 8.46. The third kappa shape index (κ3) is 2.89. The van der Waals surface area contributed by atoms with Crippen molar-refractivity contribution in [1.82, 2.24) is 0 Å². The van der Waals surface area contributed by atoms with E-state index in [9.17, 15) is 0 Å². The standard InChI is InChI=1S/C5H11ClO/c1-3-5(2,6)4-7/h7H,3-4H2,1-2H3. The van der Waals surface area contributed by atoms with E-state index >= 15 is 0 Å². The first-order valence-corrected chi connectivity index (χ1v) is 2.80. The van der Waals surface area contributed by atoms with Crippen LogP contribution in [-0.4, -0.2) is 16.6 Å². The lowest BCUT2D eigenvalue weighted by atomic mass is 10.1. The van der Waals surface area contributed by atoms with Crippen LogP contribution in [0.3, 0.4) is 0 Å². The molecule has 0 rings (SSSR count).